The number of nitrogens with two attached hydrogens (primary N) is 1. The van der Waals surface area contributed by atoms with E-state index in [1.54, 1.807) is 4.72 Å². The number of anilines is 1. The lowest BCUT2D eigenvalue weighted by Crippen LogP contribution is -2.20. The van der Waals surface area contributed by atoms with Crippen molar-refractivity contribution in [2.75, 3.05) is 18.8 Å². The van der Waals surface area contributed by atoms with Crippen molar-refractivity contribution in [3.8, 4) is 0 Å². The second kappa shape index (κ2) is 6.33. The van der Waals surface area contributed by atoms with Gasteiger partial charge in [0.1, 0.15) is 6.34 Å². The van der Waals surface area contributed by atoms with E-state index in [9.17, 15) is 30.0 Å². The molecule has 0 amide bonds. The van der Waals surface area contributed by atoms with Gasteiger partial charge in [-0.25, -0.2) is 13.6 Å². The normalized spacial score (nSPS) is 13.3. The Labute approximate surface area is 131 Å². The topological polar surface area (TPSA) is 122 Å². The number of primary sulfonamides is 1. The molecule has 0 aromatic heterocycles. The highest BCUT2D eigenvalue weighted by Gasteiger charge is 2.36. The summed E-state index contributed by atoms with van der Waals surface area (Å²) in [5.74, 6) is 0. The Hall–Kier alpha value is -1.86. The van der Waals surface area contributed by atoms with Crippen LogP contribution in [0.5, 0.6) is 0 Å². The molecule has 0 unspecified atom stereocenters. The van der Waals surface area contributed by atoms with Crippen LogP contribution < -0.4 is 9.86 Å². The standard InChI is InChI=1S/C10H13F3N4O4S2/c1-17(2)6-15-23(20,21)16-7-3-4-9(22(14,18)19)8(5-7)10(11,12)13/h3-6,16H,1-2H3,(H2,14,18,19). The Balaban J connectivity index is 3.33. The molecule has 0 spiro atoms. The van der Waals surface area contributed by atoms with Crippen LogP contribution in [-0.2, 0) is 26.4 Å². The summed E-state index contributed by atoms with van der Waals surface area (Å²) < 4.78 is 89.2. The van der Waals surface area contributed by atoms with Gasteiger partial charge in [-0.1, -0.05) is 0 Å². The molecule has 0 atom stereocenters. The van der Waals surface area contributed by atoms with Crippen molar-refractivity contribution in [2.45, 2.75) is 11.1 Å². The van der Waals surface area contributed by atoms with Crippen molar-refractivity contribution >= 4 is 32.3 Å². The molecule has 0 heterocycles. The van der Waals surface area contributed by atoms with Gasteiger partial charge in [0.2, 0.25) is 10.0 Å². The molecule has 13 heteroatoms. The van der Waals surface area contributed by atoms with Gasteiger partial charge < -0.3 is 4.90 Å². The molecule has 0 saturated carbocycles. The Morgan fingerprint density at radius 1 is 1.22 bits per heavy atom. The fourth-order valence-corrected chi connectivity index (χ4v) is 2.92. The van der Waals surface area contributed by atoms with Crippen LogP contribution in [-0.4, -0.2) is 42.2 Å². The third-order valence-electron chi connectivity index (χ3n) is 2.26. The molecule has 23 heavy (non-hydrogen) atoms. The zero-order chi connectivity index (χ0) is 18.1. The quantitative estimate of drug-likeness (QED) is 0.577. The highest BCUT2D eigenvalue weighted by molar-refractivity contribution is 7.91. The van der Waals surface area contributed by atoms with Gasteiger partial charge >= 0.3 is 16.4 Å². The number of alkyl halides is 3. The van der Waals surface area contributed by atoms with Gasteiger partial charge in [-0.05, 0) is 18.2 Å². The minimum atomic E-state index is -5.05. The second-order valence-corrected chi connectivity index (χ2v) is 7.41. The highest BCUT2D eigenvalue weighted by Crippen LogP contribution is 2.35. The summed E-state index contributed by atoms with van der Waals surface area (Å²) >= 11 is 0. The molecule has 3 N–H and O–H groups in total. The molecule has 1 aromatic carbocycles. The first-order chi connectivity index (χ1) is 10.2. The second-order valence-electron chi connectivity index (χ2n) is 4.52. The highest BCUT2D eigenvalue weighted by atomic mass is 32.2. The van der Waals surface area contributed by atoms with Gasteiger partial charge in [-0.3, -0.25) is 4.72 Å². The molecule has 0 saturated heterocycles. The lowest BCUT2D eigenvalue weighted by atomic mass is 10.2. The van der Waals surface area contributed by atoms with Crippen LogP contribution in [0.2, 0.25) is 0 Å². The predicted octanol–water partition coefficient (Wildman–Crippen LogP) is 0.599. The van der Waals surface area contributed by atoms with Crippen molar-refractivity contribution in [3.63, 3.8) is 0 Å². The first-order valence-electron chi connectivity index (χ1n) is 5.71. The Kier molecular flexibility index (Phi) is 5.28. The molecule has 1 aromatic rings. The zero-order valence-corrected chi connectivity index (χ0v) is 13.5. The maximum Gasteiger partial charge on any atom is 0.417 e. The van der Waals surface area contributed by atoms with Gasteiger partial charge in [0.05, 0.1) is 16.1 Å². The number of hydrogen-bond acceptors (Lipinski definition) is 4. The van der Waals surface area contributed by atoms with Crippen molar-refractivity contribution < 1.29 is 30.0 Å². The Bertz CT molecular complexity index is 817. The number of halogens is 3. The molecular formula is C10H13F3N4O4S2. The number of nitrogens with zero attached hydrogens (tertiary/aromatic N) is 2. The zero-order valence-electron chi connectivity index (χ0n) is 11.9. The third-order valence-corrected chi connectivity index (χ3v) is 4.09. The first kappa shape index (κ1) is 19.2. The van der Waals surface area contributed by atoms with E-state index in [0.717, 1.165) is 12.4 Å². The summed E-state index contributed by atoms with van der Waals surface area (Å²) in [6.45, 7) is 0. The van der Waals surface area contributed by atoms with Gasteiger partial charge in [-0.2, -0.15) is 21.6 Å². The molecular weight excluding hydrogens is 361 g/mol. The third kappa shape index (κ3) is 5.69. The Morgan fingerprint density at radius 3 is 2.22 bits per heavy atom. The summed E-state index contributed by atoms with van der Waals surface area (Å²) in [6, 6.07) is 1.71. The summed E-state index contributed by atoms with van der Waals surface area (Å²) in [5, 5.41) is 4.72. The SMILES string of the molecule is CN(C)C=NS(=O)(=O)Nc1ccc(S(N)(=O)=O)c(C(F)(F)F)c1. The van der Waals surface area contributed by atoms with Gasteiger partial charge in [0, 0.05) is 14.1 Å². The van der Waals surface area contributed by atoms with E-state index >= 15 is 0 Å². The molecule has 0 aliphatic carbocycles. The van der Waals surface area contributed by atoms with Crippen LogP contribution in [0.1, 0.15) is 5.56 Å². The van der Waals surface area contributed by atoms with Gasteiger partial charge in [0.15, 0.2) is 0 Å². The van der Waals surface area contributed by atoms with Crippen LogP contribution >= 0.6 is 0 Å². The minimum Gasteiger partial charge on any atom is -0.368 e. The molecule has 0 fully saturated rings. The molecule has 0 bridgehead atoms. The largest absolute Gasteiger partial charge is 0.417 e. The number of nitrogens with one attached hydrogen (secondary N) is 1. The number of hydrogen-bond donors (Lipinski definition) is 2. The van der Waals surface area contributed by atoms with E-state index in [-0.39, 0.29) is 0 Å². The van der Waals surface area contributed by atoms with E-state index in [1.807, 2.05) is 0 Å². The van der Waals surface area contributed by atoms with Gasteiger partial charge in [-0.15, -0.1) is 4.40 Å². The maximum atomic E-state index is 12.9. The van der Waals surface area contributed by atoms with Crippen LogP contribution in [0.25, 0.3) is 0 Å². The molecule has 0 aliphatic heterocycles. The van der Waals surface area contributed by atoms with Crippen molar-refractivity contribution in [3.05, 3.63) is 23.8 Å². The van der Waals surface area contributed by atoms with Crippen LogP contribution in [0, 0.1) is 0 Å². The molecule has 8 nitrogen and oxygen atoms in total. The van der Waals surface area contributed by atoms with Crippen molar-refractivity contribution in [2.24, 2.45) is 9.54 Å². The summed E-state index contributed by atoms with van der Waals surface area (Å²) in [6.07, 6.45) is -4.12. The molecule has 0 aliphatic rings. The number of rotatable bonds is 5. The van der Waals surface area contributed by atoms with E-state index in [2.05, 4.69) is 4.40 Å². The summed E-state index contributed by atoms with van der Waals surface area (Å²) in [4.78, 5) is 0.134. The van der Waals surface area contributed by atoms with E-state index in [1.165, 1.54) is 19.0 Å². The first-order valence-corrected chi connectivity index (χ1v) is 8.70. The average Bonchev–Trinajstić information content (AvgIpc) is 2.33. The summed E-state index contributed by atoms with van der Waals surface area (Å²) in [7, 11) is -5.97. The van der Waals surface area contributed by atoms with Crippen molar-refractivity contribution in [1.29, 1.82) is 0 Å². The molecule has 0 radical (unpaired) electrons. The molecule has 130 valence electrons. The van der Waals surface area contributed by atoms with Crippen LogP contribution in [0.15, 0.2) is 27.5 Å². The minimum absolute atomic E-state index is 0.322. The number of sulfonamides is 1. The smallest absolute Gasteiger partial charge is 0.368 e. The van der Waals surface area contributed by atoms with Gasteiger partial charge in [0.25, 0.3) is 0 Å². The Morgan fingerprint density at radius 2 is 1.78 bits per heavy atom. The number of benzene rings is 1. The van der Waals surface area contributed by atoms with E-state index in [4.69, 9.17) is 5.14 Å². The van der Waals surface area contributed by atoms with E-state index < -0.39 is 42.6 Å². The van der Waals surface area contributed by atoms with Crippen LogP contribution in [0.4, 0.5) is 18.9 Å². The fourth-order valence-electron chi connectivity index (χ4n) is 1.39. The predicted molar refractivity (Wildman–Crippen MR) is 77.5 cm³/mol. The van der Waals surface area contributed by atoms with Crippen molar-refractivity contribution in [1.82, 2.24) is 4.90 Å². The lowest BCUT2D eigenvalue weighted by Gasteiger charge is -2.13. The lowest BCUT2D eigenvalue weighted by molar-refractivity contribution is -0.139. The van der Waals surface area contributed by atoms with E-state index in [0.29, 0.717) is 12.1 Å². The average molecular weight is 374 g/mol. The summed E-state index contributed by atoms with van der Waals surface area (Å²) in [5.41, 5.74) is -2.10. The van der Waals surface area contributed by atoms with Crippen LogP contribution in [0.3, 0.4) is 0 Å². The fraction of sp³-hybridized carbons (Fsp3) is 0.300. The monoisotopic (exact) mass is 374 g/mol. The molecule has 1 rings (SSSR count). The maximum absolute atomic E-state index is 12.9.